The van der Waals surface area contributed by atoms with Crippen molar-refractivity contribution in [3.05, 3.63) is 22.5 Å². The molecular weight excluding hydrogens is 292 g/mol. The number of aliphatic hydroxyl groups excluding tert-OH is 1. The van der Waals surface area contributed by atoms with E-state index in [1.807, 2.05) is 25.7 Å². The second kappa shape index (κ2) is 6.87. The van der Waals surface area contributed by atoms with Crippen LogP contribution in [0.4, 0.5) is 0 Å². The van der Waals surface area contributed by atoms with Gasteiger partial charge in [-0.1, -0.05) is 13.8 Å². The third kappa shape index (κ3) is 3.50. The molecule has 5 nitrogen and oxygen atoms in total. The largest absolute Gasteiger partial charge is 0.393 e. The first-order valence-electron chi connectivity index (χ1n) is 8.44. The lowest BCUT2D eigenvalue weighted by molar-refractivity contribution is 0.0461. The number of piperidine rings is 1. The fraction of sp³-hybridized carbons (Fsp3) is 0.667. The van der Waals surface area contributed by atoms with Crippen LogP contribution in [-0.4, -0.2) is 45.9 Å². The van der Waals surface area contributed by atoms with Crippen LogP contribution in [0.1, 0.15) is 78.6 Å². The fourth-order valence-corrected chi connectivity index (χ4v) is 3.59. The first-order valence-corrected chi connectivity index (χ1v) is 8.44. The van der Waals surface area contributed by atoms with E-state index >= 15 is 0 Å². The summed E-state index contributed by atoms with van der Waals surface area (Å²) >= 11 is 0. The van der Waals surface area contributed by atoms with Gasteiger partial charge in [0, 0.05) is 30.3 Å². The van der Waals surface area contributed by atoms with Crippen LogP contribution < -0.4 is 0 Å². The summed E-state index contributed by atoms with van der Waals surface area (Å²) < 4.78 is 0. The van der Waals surface area contributed by atoms with Crippen LogP contribution in [0.25, 0.3) is 0 Å². The number of aliphatic hydroxyl groups is 1. The van der Waals surface area contributed by atoms with Gasteiger partial charge >= 0.3 is 0 Å². The highest BCUT2D eigenvalue weighted by molar-refractivity contribution is 6.03. The van der Waals surface area contributed by atoms with Crippen LogP contribution in [0.15, 0.2) is 0 Å². The number of hydrogen-bond acceptors (Lipinski definition) is 3. The zero-order chi connectivity index (χ0) is 17.3. The second-order valence-corrected chi connectivity index (χ2v) is 7.02. The molecule has 2 N–H and O–H groups in total. The van der Waals surface area contributed by atoms with Gasteiger partial charge in [-0.3, -0.25) is 9.59 Å². The SMILES string of the molecule is CC(=O)c1c(C)[nH]c(C(=O)N2CCCC(C(C)O)C2)c1C(C)C. The molecule has 0 aliphatic carbocycles. The maximum atomic E-state index is 13.0. The number of aromatic nitrogens is 1. The van der Waals surface area contributed by atoms with Crippen LogP contribution >= 0.6 is 0 Å². The van der Waals surface area contributed by atoms with E-state index in [2.05, 4.69) is 4.98 Å². The average molecular weight is 320 g/mol. The summed E-state index contributed by atoms with van der Waals surface area (Å²) in [4.78, 5) is 29.9. The summed E-state index contributed by atoms with van der Waals surface area (Å²) in [5.41, 5.74) is 2.76. The molecule has 1 aromatic heterocycles. The topological polar surface area (TPSA) is 73.4 Å². The molecule has 2 atom stereocenters. The van der Waals surface area contributed by atoms with Crippen molar-refractivity contribution in [3.8, 4) is 0 Å². The van der Waals surface area contributed by atoms with E-state index in [-0.39, 0.29) is 23.5 Å². The first kappa shape index (κ1) is 17.7. The summed E-state index contributed by atoms with van der Waals surface area (Å²) in [6, 6.07) is 0. The molecule has 128 valence electrons. The van der Waals surface area contributed by atoms with Crippen molar-refractivity contribution in [2.75, 3.05) is 13.1 Å². The molecule has 2 heterocycles. The normalized spacial score (nSPS) is 20.0. The van der Waals surface area contributed by atoms with Crippen LogP contribution in [0, 0.1) is 12.8 Å². The van der Waals surface area contributed by atoms with E-state index in [9.17, 15) is 14.7 Å². The summed E-state index contributed by atoms with van der Waals surface area (Å²) in [6.07, 6.45) is 1.44. The van der Waals surface area contributed by atoms with E-state index in [4.69, 9.17) is 0 Å². The van der Waals surface area contributed by atoms with Crippen molar-refractivity contribution in [3.63, 3.8) is 0 Å². The van der Waals surface area contributed by atoms with Crippen LogP contribution in [0.5, 0.6) is 0 Å². The maximum absolute atomic E-state index is 13.0. The smallest absolute Gasteiger partial charge is 0.270 e. The Hall–Kier alpha value is -1.62. The number of carbonyl (C=O) groups excluding carboxylic acids is 2. The van der Waals surface area contributed by atoms with Gasteiger partial charge in [-0.25, -0.2) is 0 Å². The summed E-state index contributed by atoms with van der Waals surface area (Å²) in [6.45, 7) is 10.4. The minimum atomic E-state index is -0.409. The second-order valence-electron chi connectivity index (χ2n) is 7.02. The molecule has 1 fully saturated rings. The molecule has 0 spiro atoms. The number of carbonyl (C=O) groups is 2. The Kier molecular flexibility index (Phi) is 5.30. The molecule has 1 aromatic rings. The lowest BCUT2D eigenvalue weighted by Crippen LogP contribution is -2.43. The number of amides is 1. The molecule has 2 rings (SSSR count). The van der Waals surface area contributed by atoms with Gasteiger partial charge in [-0.15, -0.1) is 0 Å². The van der Waals surface area contributed by atoms with Gasteiger partial charge < -0.3 is 15.0 Å². The third-order valence-corrected chi connectivity index (χ3v) is 4.80. The van der Waals surface area contributed by atoms with E-state index in [0.717, 1.165) is 24.1 Å². The van der Waals surface area contributed by atoms with Gasteiger partial charge in [0.1, 0.15) is 5.69 Å². The number of aryl methyl sites for hydroxylation is 1. The Morgan fingerprint density at radius 1 is 1.30 bits per heavy atom. The van der Waals surface area contributed by atoms with Crippen molar-refractivity contribution in [1.29, 1.82) is 0 Å². The highest BCUT2D eigenvalue weighted by atomic mass is 16.3. The molecule has 1 amide bonds. The third-order valence-electron chi connectivity index (χ3n) is 4.80. The number of hydrogen-bond donors (Lipinski definition) is 2. The molecule has 23 heavy (non-hydrogen) atoms. The van der Waals surface area contributed by atoms with Gasteiger partial charge in [0.05, 0.1) is 6.10 Å². The van der Waals surface area contributed by atoms with Gasteiger partial charge in [0.2, 0.25) is 0 Å². The van der Waals surface area contributed by atoms with Gasteiger partial charge in [-0.05, 0) is 45.1 Å². The summed E-state index contributed by atoms with van der Waals surface area (Å²) in [5.74, 6) is 0.144. The maximum Gasteiger partial charge on any atom is 0.270 e. The highest BCUT2D eigenvalue weighted by Crippen LogP contribution is 2.29. The van der Waals surface area contributed by atoms with E-state index < -0.39 is 6.10 Å². The Labute approximate surface area is 138 Å². The molecule has 0 saturated carbocycles. The molecule has 0 bridgehead atoms. The molecule has 1 saturated heterocycles. The number of likely N-dealkylation sites (tertiary alicyclic amines) is 1. The number of nitrogens with one attached hydrogen (secondary N) is 1. The van der Waals surface area contributed by atoms with Gasteiger partial charge in [0.15, 0.2) is 5.78 Å². The first-order chi connectivity index (χ1) is 10.7. The van der Waals surface area contributed by atoms with Gasteiger partial charge in [0.25, 0.3) is 5.91 Å². The quantitative estimate of drug-likeness (QED) is 0.838. The molecular formula is C18H28N2O3. The van der Waals surface area contributed by atoms with E-state index in [1.54, 1.807) is 13.8 Å². The number of nitrogens with zero attached hydrogens (tertiary/aromatic N) is 1. The average Bonchev–Trinajstić information content (AvgIpc) is 2.84. The van der Waals surface area contributed by atoms with Crippen molar-refractivity contribution in [2.24, 2.45) is 5.92 Å². The number of ketones is 1. The number of H-pyrrole nitrogens is 1. The van der Waals surface area contributed by atoms with Crippen molar-refractivity contribution >= 4 is 11.7 Å². The van der Waals surface area contributed by atoms with E-state index in [0.29, 0.717) is 24.3 Å². The monoisotopic (exact) mass is 320 g/mol. The predicted octanol–water partition coefficient (Wildman–Crippen LogP) is 2.88. The molecule has 0 radical (unpaired) electrons. The Morgan fingerprint density at radius 3 is 2.48 bits per heavy atom. The summed E-state index contributed by atoms with van der Waals surface area (Å²) in [5, 5.41) is 9.82. The minimum Gasteiger partial charge on any atom is -0.393 e. The molecule has 1 aliphatic rings. The van der Waals surface area contributed by atoms with E-state index in [1.165, 1.54) is 0 Å². The van der Waals surface area contributed by atoms with Crippen LogP contribution in [0.3, 0.4) is 0 Å². The predicted molar refractivity (Wildman–Crippen MR) is 89.9 cm³/mol. The molecule has 0 aromatic carbocycles. The Balaban J connectivity index is 2.36. The van der Waals surface area contributed by atoms with Crippen molar-refractivity contribution in [1.82, 2.24) is 9.88 Å². The van der Waals surface area contributed by atoms with Gasteiger partial charge in [-0.2, -0.15) is 0 Å². The summed E-state index contributed by atoms with van der Waals surface area (Å²) in [7, 11) is 0. The van der Waals surface area contributed by atoms with Crippen molar-refractivity contribution < 1.29 is 14.7 Å². The lowest BCUT2D eigenvalue weighted by Gasteiger charge is -2.34. The van der Waals surface area contributed by atoms with Crippen molar-refractivity contribution in [2.45, 2.75) is 59.5 Å². The highest BCUT2D eigenvalue weighted by Gasteiger charge is 2.31. The number of rotatable bonds is 4. The number of aromatic amines is 1. The lowest BCUT2D eigenvalue weighted by atomic mass is 9.92. The Bertz CT molecular complexity index is 602. The zero-order valence-electron chi connectivity index (χ0n) is 14.8. The minimum absolute atomic E-state index is 0.0120. The number of Topliss-reactive ketones (excluding diaryl/α,β-unsaturated/α-hetero) is 1. The molecule has 1 aliphatic heterocycles. The van der Waals surface area contributed by atoms with Crippen LogP contribution in [-0.2, 0) is 0 Å². The standard InChI is InChI=1S/C18H28N2O3/c1-10(2)15-16(13(5)22)11(3)19-17(15)18(23)20-8-6-7-14(9-20)12(4)21/h10,12,14,19,21H,6-9H2,1-5H3. The van der Waals surface area contributed by atoms with Crippen LogP contribution in [0.2, 0.25) is 0 Å². The fourth-order valence-electron chi connectivity index (χ4n) is 3.59. The Morgan fingerprint density at radius 2 is 1.96 bits per heavy atom. The zero-order valence-corrected chi connectivity index (χ0v) is 14.8. The molecule has 5 heteroatoms. The molecule has 2 unspecified atom stereocenters.